The van der Waals surface area contributed by atoms with Gasteiger partial charge in [0, 0.05) is 16.8 Å². The number of hydrogen-bond acceptors (Lipinski definition) is 3. The molecule has 0 saturated carbocycles. The summed E-state index contributed by atoms with van der Waals surface area (Å²) >= 11 is 5.92. The quantitative estimate of drug-likeness (QED) is 0.586. The van der Waals surface area contributed by atoms with Crippen molar-refractivity contribution < 1.29 is 13.2 Å². The van der Waals surface area contributed by atoms with Gasteiger partial charge in [-0.3, -0.25) is 9.10 Å². The first-order chi connectivity index (χ1) is 14.4. The first-order valence-corrected chi connectivity index (χ1v) is 11.4. The number of benzene rings is 3. The van der Waals surface area contributed by atoms with Gasteiger partial charge in [-0.1, -0.05) is 48.0 Å². The second kappa shape index (κ2) is 8.13. The highest BCUT2D eigenvalue weighted by Crippen LogP contribution is 2.33. The number of amides is 1. The molecule has 7 heteroatoms. The number of fused-ring (bicyclic) bond motifs is 1. The first-order valence-electron chi connectivity index (χ1n) is 9.61. The zero-order valence-electron chi connectivity index (χ0n) is 16.4. The summed E-state index contributed by atoms with van der Waals surface area (Å²) in [6, 6.07) is 22.3. The molecule has 0 aromatic heterocycles. The molecule has 3 aromatic rings. The van der Waals surface area contributed by atoms with E-state index in [1.807, 2.05) is 31.2 Å². The summed E-state index contributed by atoms with van der Waals surface area (Å²) in [4.78, 5) is 15.1. The average Bonchev–Trinajstić information content (AvgIpc) is 3.08. The summed E-state index contributed by atoms with van der Waals surface area (Å²) < 4.78 is 28.0. The van der Waals surface area contributed by atoms with E-state index >= 15 is 0 Å². The largest absolute Gasteiger partial charge is 0.307 e. The average molecular weight is 441 g/mol. The number of nitrogens with zero attached hydrogens (tertiary/aromatic N) is 2. The number of anilines is 2. The van der Waals surface area contributed by atoms with Crippen LogP contribution in [0.2, 0.25) is 5.02 Å². The Morgan fingerprint density at radius 2 is 1.63 bits per heavy atom. The molecule has 1 aliphatic rings. The van der Waals surface area contributed by atoms with E-state index in [0.717, 1.165) is 22.0 Å². The number of carbonyl (C=O) groups is 1. The minimum atomic E-state index is -3.96. The first kappa shape index (κ1) is 20.4. The lowest BCUT2D eigenvalue weighted by molar-refractivity contribution is -0.117. The molecular weight excluding hydrogens is 420 g/mol. The van der Waals surface area contributed by atoms with Gasteiger partial charge in [-0.25, -0.2) is 8.42 Å². The van der Waals surface area contributed by atoms with Gasteiger partial charge >= 0.3 is 0 Å². The molecule has 30 heavy (non-hydrogen) atoms. The van der Waals surface area contributed by atoms with Crippen molar-refractivity contribution in [3.63, 3.8) is 0 Å². The maximum atomic E-state index is 13.4. The Morgan fingerprint density at radius 3 is 2.33 bits per heavy atom. The zero-order valence-corrected chi connectivity index (χ0v) is 18.0. The zero-order chi connectivity index (χ0) is 21.3. The topological polar surface area (TPSA) is 57.7 Å². The summed E-state index contributed by atoms with van der Waals surface area (Å²) in [5.41, 5.74) is 2.36. The van der Waals surface area contributed by atoms with Gasteiger partial charge in [0.05, 0.1) is 10.6 Å². The van der Waals surface area contributed by atoms with Crippen LogP contribution in [0.5, 0.6) is 0 Å². The Bertz CT molecular complexity index is 1160. The molecule has 0 radical (unpaired) electrons. The molecule has 0 fully saturated rings. The molecule has 3 aromatic carbocycles. The van der Waals surface area contributed by atoms with Gasteiger partial charge < -0.3 is 4.90 Å². The van der Waals surface area contributed by atoms with Crippen molar-refractivity contribution in [2.75, 3.05) is 15.7 Å². The van der Waals surface area contributed by atoms with Gasteiger partial charge in [-0.05, 0) is 61.4 Å². The molecule has 0 spiro atoms. The monoisotopic (exact) mass is 440 g/mol. The van der Waals surface area contributed by atoms with Crippen molar-refractivity contribution in [3.8, 4) is 0 Å². The van der Waals surface area contributed by atoms with E-state index in [1.165, 1.54) is 24.3 Å². The summed E-state index contributed by atoms with van der Waals surface area (Å²) in [6.45, 7) is 1.67. The molecule has 5 nitrogen and oxygen atoms in total. The maximum absolute atomic E-state index is 13.4. The molecular formula is C23H21ClN2O3S. The van der Waals surface area contributed by atoms with Crippen LogP contribution in [0.3, 0.4) is 0 Å². The minimum absolute atomic E-state index is 0.0363. The smallest absolute Gasteiger partial charge is 0.264 e. The predicted molar refractivity (Wildman–Crippen MR) is 120 cm³/mol. The third-order valence-electron chi connectivity index (χ3n) is 5.20. The van der Waals surface area contributed by atoms with Crippen molar-refractivity contribution in [1.29, 1.82) is 0 Å². The number of para-hydroxylation sites is 2. The molecule has 0 bridgehead atoms. The lowest BCUT2D eigenvalue weighted by atomic mass is 10.1. The Balaban J connectivity index is 1.71. The van der Waals surface area contributed by atoms with Crippen LogP contribution in [0.15, 0.2) is 83.8 Å². The second-order valence-corrected chi connectivity index (χ2v) is 9.55. The molecule has 0 N–H and O–H groups in total. The van der Waals surface area contributed by atoms with E-state index in [9.17, 15) is 13.2 Å². The lowest BCUT2D eigenvalue weighted by Crippen LogP contribution is -2.45. The highest BCUT2D eigenvalue weighted by Gasteiger charge is 2.34. The van der Waals surface area contributed by atoms with Gasteiger partial charge in [0.1, 0.15) is 6.54 Å². The number of carbonyl (C=O) groups excluding carboxylic acids is 1. The van der Waals surface area contributed by atoms with Gasteiger partial charge in [0.15, 0.2) is 0 Å². The molecule has 1 atom stereocenters. The van der Waals surface area contributed by atoms with E-state index in [0.29, 0.717) is 10.7 Å². The summed E-state index contributed by atoms with van der Waals surface area (Å²) in [7, 11) is -3.96. The summed E-state index contributed by atoms with van der Waals surface area (Å²) in [5, 5.41) is 0.443. The van der Waals surface area contributed by atoms with Crippen LogP contribution in [-0.2, 0) is 21.2 Å². The molecule has 0 saturated heterocycles. The van der Waals surface area contributed by atoms with Crippen LogP contribution in [0.4, 0.5) is 11.4 Å². The van der Waals surface area contributed by atoms with Crippen molar-refractivity contribution >= 4 is 38.9 Å². The molecule has 0 aliphatic carbocycles. The van der Waals surface area contributed by atoms with Crippen LogP contribution in [-0.4, -0.2) is 26.9 Å². The third-order valence-corrected chi connectivity index (χ3v) is 7.24. The Labute approximate surface area is 181 Å². The molecule has 154 valence electrons. The molecule has 0 unspecified atom stereocenters. The van der Waals surface area contributed by atoms with Crippen LogP contribution < -0.4 is 9.21 Å². The number of rotatable bonds is 5. The summed E-state index contributed by atoms with van der Waals surface area (Å²) in [6.07, 6.45) is 0.747. The molecule has 1 aliphatic heterocycles. The van der Waals surface area contributed by atoms with E-state index < -0.39 is 10.0 Å². The SMILES string of the molecule is C[C@@H]1Cc2ccccc2N1C(=O)CN(c1ccccc1)S(=O)(=O)c1ccc(Cl)cc1. The number of hydrogen-bond donors (Lipinski definition) is 0. The Kier molecular flexibility index (Phi) is 5.54. The van der Waals surface area contributed by atoms with Crippen molar-refractivity contribution in [1.82, 2.24) is 0 Å². The fraction of sp³-hybridized carbons (Fsp3) is 0.174. The maximum Gasteiger partial charge on any atom is 0.264 e. The molecule has 1 heterocycles. The highest BCUT2D eigenvalue weighted by molar-refractivity contribution is 7.92. The fourth-order valence-corrected chi connectivity index (χ4v) is 5.33. The molecule has 1 amide bonds. The number of halogens is 1. The van der Waals surface area contributed by atoms with E-state index in [1.54, 1.807) is 35.2 Å². The van der Waals surface area contributed by atoms with Gasteiger partial charge in [-0.15, -0.1) is 0 Å². The van der Waals surface area contributed by atoms with E-state index in [4.69, 9.17) is 11.6 Å². The standard InChI is InChI=1S/C23H21ClN2O3S/c1-17-15-18-7-5-6-10-22(18)26(17)23(27)16-25(20-8-3-2-4-9-20)30(28,29)21-13-11-19(24)12-14-21/h2-14,17H,15-16H2,1H3/t17-/m1/s1. The Hall–Kier alpha value is -2.83. The van der Waals surface area contributed by atoms with Gasteiger partial charge in [0.2, 0.25) is 5.91 Å². The van der Waals surface area contributed by atoms with Crippen LogP contribution in [0.25, 0.3) is 0 Å². The van der Waals surface area contributed by atoms with E-state index in [2.05, 4.69) is 0 Å². The van der Waals surface area contributed by atoms with Crippen molar-refractivity contribution in [2.45, 2.75) is 24.3 Å². The number of sulfonamides is 1. The van der Waals surface area contributed by atoms with Crippen molar-refractivity contribution in [3.05, 3.63) is 89.4 Å². The minimum Gasteiger partial charge on any atom is -0.307 e. The van der Waals surface area contributed by atoms with Crippen LogP contribution >= 0.6 is 11.6 Å². The van der Waals surface area contributed by atoms with Gasteiger partial charge in [-0.2, -0.15) is 0 Å². The molecule has 4 rings (SSSR count). The lowest BCUT2D eigenvalue weighted by Gasteiger charge is -2.29. The summed E-state index contributed by atoms with van der Waals surface area (Å²) in [5.74, 6) is -0.270. The highest BCUT2D eigenvalue weighted by atomic mass is 35.5. The predicted octanol–water partition coefficient (Wildman–Crippen LogP) is 4.51. The fourth-order valence-electron chi connectivity index (χ4n) is 3.79. The van der Waals surface area contributed by atoms with Gasteiger partial charge in [0.25, 0.3) is 10.0 Å². The third kappa shape index (κ3) is 3.80. The second-order valence-electron chi connectivity index (χ2n) is 7.25. The normalized spacial score (nSPS) is 15.7. The van der Waals surface area contributed by atoms with E-state index in [-0.39, 0.29) is 23.4 Å². The van der Waals surface area contributed by atoms with Crippen molar-refractivity contribution in [2.24, 2.45) is 0 Å². The van der Waals surface area contributed by atoms with Crippen LogP contribution in [0.1, 0.15) is 12.5 Å². The Morgan fingerprint density at radius 1 is 1.00 bits per heavy atom. The van der Waals surface area contributed by atoms with Crippen LogP contribution in [0, 0.1) is 0 Å².